The molecule has 0 aromatic heterocycles. The summed E-state index contributed by atoms with van der Waals surface area (Å²) >= 11 is 0. The lowest BCUT2D eigenvalue weighted by Gasteiger charge is -2.29. The molecule has 0 saturated heterocycles. The van der Waals surface area contributed by atoms with E-state index in [1.54, 1.807) is 0 Å². The molecule has 0 bridgehead atoms. The number of rotatable bonds is 4. The number of nitrogens with zero attached hydrogens (tertiary/aromatic N) is 2. The predicted octanol–water partition coefficient (Wildman–Crippen LogP) is 3.82. The van der Waals surface area contributed by atoms with Gasteiger partial charge in [0.2, 0.25) is 0 Å². The summed E-state index contributed by atoms with van der Waals surface area (Å²) in [7, 11) is 3.83. The number of fused-ring (bicyclic) bond motifs is 2. The van der Waals surface area contributed by atoms with Crippen molar-refractivity contribution in [1.29, 1.82) is 0 Å². The number of anilines is 2. The van der Waals surface area contributed by atoms with Crippen LogP contribution in [0.25, 0.3) is 0 Å². The normalized spacial score (nSPS) is 15.2. The van der Waals surface area contributed by atoms with E-state index in [0.29, 0.717) is 13.1 Å². The fraction of sp³-hybridized carbons (Fsp3) is 0.368. The maximum atomic E-state index is 14.5. The van der Waals surface area contributed by atoms with Gasteiger partial charge in [-0.3, -0.25) is 0 Å². The van der Waals surface area contributed by atoms with Gasteiger partial charge in [0.25, 0.3) is 0 Å². The van der Waals surface area contributed by atoms with Crippen LogP contribution in [0, 0.1) is 0 Å². The van der Waals surface area contributed by atoms with Gasteiger partial charge in [0.05, 0.1) is 6.54 Å². The lowest BCUT2D eigenvalue weighted by Crippen LogP contribution is -2.33. The van der Waals surface area contributed by atoms with E-state index in [1.165, 1.54) is 11.1 Å². The second-order valence-corrected chi connectivity index (χ2v) is 6.23. The monoisotopic (exact) mass is 298 g/mol. The van der Waals surface area contributed by atoms with Crippen molar-refractivity contribution in [2.75, 3.05) is 32.1 Å². The molecule has 2 nitrogen and oxygen atoms in total. The summed E-state index contributed by atoms with van der Waals surface area (Å²) in [5.74, 6) is 0. The van der Waals surface area contributed by atoms with E-state index < -0.39 is 6.17 Å². The van der Waals surface area contributed by atoms with Gasteiger partial charge < -0.3 is 9.80 Å². The smallest absolute Gasteiger partial charge is 0.131 e. The second kappa shape index (κ2) is 6.49. The molecular weight excluding hydrogens is 275 g/mol. The van der Waals surface area contributed by atoms with Crippen LogP contribution in [0.4, 0.5) is 15.8 Å². The van der Waals surface area contributed by atoms with Crippen molar-refractivity contribution in [3.8, 4) is 0 Å². The summed E-state index contributed by atoms with van der Waals surface area (Å²) in [5, 5.41) is 0. The summed E-state index contributed by atoms with van der Waals surface area (Å²) in [6.07, 6.45) is 1.14. The van der Waals surface area contributed by atoms with Gasteiger partial charge >= 0.3 is 0 Å². The Bertz CT molecular complexity index is 591. The molecule has 0 aliphatic carbocycles. The highest BCUT2D eigenvalue weighted by molar-refractivity contribution is 5.71. The highest BCUT2D eigenvalue weighted by atomic mass is 19.1. The molecule has 0 saturated carbocycles. The van der Waals surface area contributed by atoms with E-state index in [1.807, 2.05) is 31.1 Å². The fourth-order valence-electron chi connectivity index (χ4n) is 3.22. The van der Waals surface area contributed by atoms with Crippen molar-refractivity contribution in [3.63, 3.8) is 0 Å². The molecule has 1 atom stereocenters. The minimum atomic E-state index is -0.880. The van der Waals surface area contributed by atoms with Crippen LogP contribution >= 0.6 is 0 Å². The van der Waals surface area contributed by atoms with Crippen LogP contribution in [-0.4, -0.2) is 38.3 Å². The second-order valence-electron chi connectivity index (χ2n) is 6.23. The fourth-order valence-corrected chi connectivity index (χ4v) is 3.22. The first-order valence-electron chi connectivity index (χ1n) is 7.87. The van der Waals surface area contributed by atoms with E-state index in [0.717, 1.165) is 24.2 Å². The number of hydrogen-bond acceptors (Lipinski definition) is 2. The molecule has 2 aromatic rings. The van der Waals surface area contributed by atoms with Crippen molar-refractivity contribution in [2.24, 2.45) is 0 Å². The third kappa shape index (κ3) is 3.14. The molecule has 0 radical (unpaired) electrons. The van der Waals surface area contributed by atoms with Crippen molar-refractivity contribution in [3.05, 3.63) is 59.7 Å². The van der Waals surface area contributed by atoms with Gasteiger partial charge in [0.15, 0.2) is 0 Å². The number of halogens is 1. The number of hydrogen-bond donors (Lipinski definition) is 0. The zero-order valence-corrected chi connectivity index (χ0v) is 13.3. The van der Waals surface area contributed by atoms with Gasteiger partial charge in [0.1, 0.15) is 6.17 Å². The molecule has 1 aliphatic rings. The minimum Gasteiger partial charge on any atom is -0.338 e. The molecule has 3 rings (SSSR count). The van der Waals surface area contributed by atoms with Crippen molar-refractivity contribution in [1.82, 2.24) is 4.90 Å². The predicted molar refractivity (Wildman–Crippen MR) is 90.7 cm³/mol. The average Bonchev–Trinajstić information content (AvgIpc) is 2.65. The standard InChI is InChI=1S/C19H23FN2/c1-21(2)13-17(20)14-22-18-9-5-3-7-15(18)11-12-16-8-4-6-10-19(16)22/h3-10,17H,11-14H2,1-2H3. The number of para-hydroxylation sites is 2. The Morgan fingerprint density at radius 1 is 0.955 bits per heavy atom. The highest BCUT2D eigenvalue weighted by Gasteiger charge is 2.23. The van der Waals surface area contributed by atoms with Crippen LogP contribution in [-0.2, 0) is 12.8 Å². The Hall–Kier alpha value is -1.87. The van der Waals surface area contributed by atoms with Gasteiger partial charge in [-0.25, -0.2) is 4.39 Å². The molecule has 1 aliphatic heterocycles. The topological polar surface area (TPSA) is 6.48 Å². The summed E-state index contributed by atoms with van der Waals surface area (Å²) in [5.41, 5.74) is 4.90. The Labute approximate surface area is 132 Å². The number of aryl methyl sites for hydroxylation is 2. The zero-order chi connectivity index (χ0) is 15.5. The first-order valence-corrected chi connectivity index (χ1v) is 7.87. The first kappa shape index (κ1) is 15.0. The van der Waals surface area contributed by atoms with E-state index in [4.69, 9.17) is 0 Å². The summed E-state index contributed by atoms with van der Waals surface area (Å²) in [6, 6.07) is 16.8. The summed E-state index contributed by atoms with van der Waals surface area (Å²) in [6.45, 7) is 0.840. The van der Waals surface area contributed by atoms with Gasteiger partial charge in [-0.05, 0) is 50.2 Å². The molecule has 2 aromatic carbocycles. The van der Waals surface area contributed by atoms with Gasteiger partial charge in [-0.15, -0.1) is 0 Å². The lowest BCUT2D eigenvalue weighted by molar-refractivity contribution is 0.252. The van der Waals surface area contributed by atoms with Crippen molar-refractivity contribution in [2.45, 2.75) is 19.0 Å². The van der Waals surface area contributed by atoms with Crippen LogP contribution in [0.5, 0.6) is 0 Å². The third-order valence-corrected chi connectivity index (χ3v) is 4.17. The Balaban J connectivity index is 1.99. The van der Waals surface area contributed by atoms with Gasteiger partial charge in [0, 0.05) is 17.9 Å². The van der Waals surface area contributed by atoms with Crippen LogP contribution < -0.4 is 4.90 Å². The molecule has 0 N–H and O–H groups in total. The highest BCUT2D eigenvalue weighted by Crippen LogP contribution is 2.36. The van der Waals surface area contributed by atoms with Crippen LogP contribution in [0.15, 0.2) is 48.5 Å². The Kier molecular flexibility index (Phi) is 4.44. The van der Waals surface area contributed by atoms with Crippen LogP contribution in [0.3, 0.4) is 0 Å². The average molecular weight is 298 g/mol. The van der Waals surface area contributed by atoms with E-state index in [-0.39, 0.29) is 0 Å². The van der Waals surface area contributed by atoms with Crippen molar-refractivity contribution < 1.29 is 4.39 Å². The van der Waals surface area contributed by atoms with E-state index >= 15 is 0 Å². The minimum absolute atomic E-state index is 0.395. The number of alkyl halides is 1. The maximum Gasteiger partial charge on any atom is 0.131 e. The maximum absolute atomic E-state index is 14.5. The summed E-state index contributed by atoms with van der Waals surface area (Å²) < 4.78 is 14.5. The van der Waals surface area contributed by atoms with E-state index in [2.05, 4.69) is 41.3 Å². The van der Waals surface area contributed by atoms with Crippen LogP contribution in [0.2, 0.25) is 0 Å². The van der Waals surface area contributed by atoms with Gasteiger partial charge in [-0.2, -0.15) is 0 Å². The Morgan fingerprint density at radius 3 is 1.95 bits per heavy atom. The largest absolute Gasteiger partial charge is 0.338 e. The van der Waals surface area contributed by atoms with Gasteiger partial charge in [-0.1, -0.05) is 36.4 Å². The molecule has 116 valence electrons. The third-order valence-electron chi connectivity index (χ3n) is 4.17. The quantitative estimate of drug-likeness (QED) is 0.846. The molecule has 1 unspecified atom stereocenters. The molecule has 0 spiro atoms. The zero-order valence-electron chi connectivity index (χ0n) is 13.3. The summed E-state index contributed by atoms with van der Waals surface area (Å²) in [4.78, 5) is 4.06. The number of benzene rings is 2. The van der Waals surface area contributed by atoms with Crippen LogP contribution in [0.1, 0.15) is 11.1 Å². The molecule has 1 heterocycles. The SMILES string of the molecule is CN(C)CC(F)CN1c2ccccc2CCc2ccccc21. The van der Waals surface area contributed by atoms with E-state index in [9.17, 15) is 4.39 Å². The molecule has 3 heteroatoms. The van der Waals surface area contributed by atoms with Crippen molar-refractivity contribution >= 4 is 11.4 Å². The first-order chi connectivity index (χ1) is 10.6. The molecular formula is C19H23FN2. The Morgan fingerprint density at radius 2 is 1.45 bits per heavy atom. The molecule has 0 fully saturated rings. The lowest BCUT2D eigenvalue weighted by atomic mass is 10.0. The molecule has 22 heavy (non-hydrogen) atoms. The molecule has 0 amide bonds.